The maximum atomic E-state index is 5.65. The zero-order valence-electron chi connectivity index (χ0n) is 13.9. The summed E-state index contributed by atoms with van der Waals surface area (Å²) in [6.07, 6.45) is 3.86. The monoisotopic (exact) mass is 286 g/mol. The van der Waals surface area contributed by atoms with E-state index in [2.05, 4.69) is 38.0 Å². The smallest absolute Gasteiger partial charge is 0.0596 e. The van der Waals surface area contributed by atoms with Gasteiger partial charge < -0.3 is 19.7 Å². The highest BCUT2D eigenvalue weighted by molar-refractivity contribution is 4.86. The Kier molecular flexibility index (Phi) is 8.69. The van der Waals surface area contributed by atoms with Crippen molar-refractivity contribution in [2.45, 2.75) is 46.1 Å². The molecule has 4 nitrogen and oxygen atoms in total. The summed E-state index contributed by atoms with van der Waals surface area (Å²) < 4.78 is 11.2. The van der Waals surface area contributed by atoms with Crippen molar-refractivity contribution >= 4 is 0 Å². The van der Waals surface area contributed by atoms with Crippen LogP contribution >= 0.6 is 0 Å². The fourth-order valence-corrected chi connectivity index (χ4v) is 2.82. The lowest BCUT2D eigenvalue weighted by Gasteiger charge is -2.40. The number of hydrogen-bond acceptors (Lipinski definition) is 4. The van der Waals surface area contributed by atoms with E-state index in [-0.39, 0.29) is 0 Å². The third-order valence-corrected chi connectivity index (χ3v) is 4.01. The van der Waals surface area contributed by atoms with E-state index in [0.29, 0.717) is 11.5 Å². The molecule has 0 aromatic carbocycles. The van der Waals surface area contributed by atoms with Crippen molar-refractivity contribution in [3.8, 4) is 0 Å². The van der Waals surface area contributed by atoms with Gasteiger partial charge in [-0.2, -0.15) is 0 Å². The summed E-state index contributed by atoms with van der Waals surface area (Å²) in [5.74, 6) is 0. The number of likely N-dealkylation sites (N-methyl/N-ethyl adjacent to an activating group) is 1. The fraction of sp³-hybridized carbons (Fsp3) is 1.00. The average Bonchev–Trinajstić information content (AvgIpc) is 2.39. The third kappa shape index (κ3) is 7.02. The Bertz CT molecular complexity index is 241. The lowest BCUT2D eigenvalue weighted by Crippen LogP contribution is -2.47. The fourth-order valence-electron chi connectivity index (χ4n) is 2.82. The molecule has 0 spiro atoms. The van der Waals surface area contributed by atoms with Gasteiger partial charge in [-0.05, 0) is 52.1 Å². The summed E-state index contributed by atoms with van der Waals surface area (Å²) in [5.41, 5.74) is 0.375. The van der Waals surface area contributed by atoms with E-state index >= 15 is 0 Å². The van der Waals surface area contributed by atoms with Gasteiger partial charge in [-0.1, -0.05) is 6.92 Å². The second-order valence-corrected chi connectivity index (χ2v) is 6.45. The maximum Gasteiger partial charge on any atom is 0.0596 e. The molecule has 1 aliphatic heterocycles. The summed E-state index contributed by atoms with van der Waals surface area (Å²) in [5, 5.41) is 3.61. The van der Waals surface area contributed by atoms with Crippen LogP contribution < -0.4 is 5.32 Å². The van der Waals surface area contributed by atoms with Gasteiger partial charge in [0.25, 0.3) is 0 Å². The zero-order chi connectivity index (χ0) is 14.8. The largest absolute Gasteiger partial charge is 0.381 e. The highest BCUT2D eigenvalue weighted by Crippen LogP contribution is 2.30. The van der Waals surface area contributed by atoms with Crippen molar-refractivity contribution in [2.75, 3.05) is 53.0 Å². The summed E-state index contributed by atoms with van der Waals surface area (Å²) >= 11 is 0. The van der Waals surface area contributed by atoms with Crippen LogP contribution in [0, 0.1) is 5.41 Å². The van der Waals surface area contributed by atoms with Crippen LogP contribution in [-0.4, -0.2) is 64.1 Å². The Balaban J connectivity index is 2.38. The lowest BCUT2D eigenvalue weighted by atomic mass is 9.79. The standard InChI is InChI=1S/C16H34N2O2/c1-5-8-17-13-16(6-10-19-11-7-16)14-18(4)9-12-20-15(2)3/h15,17H,5-14H2,1-4H3. The van der Waals surface area contributed by atoms with Crippen molar-refractivity contribution in [2.24, 2.45) is 5.41 Å². The van der Waals surface area contributed by atoms with Crippen LogP contribution in [0.5, 0.6) is 0 Å². The first-order valence-corrected chi connectivity index (χ1v) is 8.16. The molecule has 0 aromatic heterocycles. The minimum Gasteiger partial charge on any atom is -0.381 e. The number of nitrogens with zero attached hydrogens (tertiary/aromatic N) is 1. The molecule has 1 N–H and O–H groups in total. The van der Waals surface area contributed by atoms with E-state index < -0.39 is 0 Å². The summed E-state index contributed by atoms with van der Waals surface area (Å²) in [7, 11) is 2.21. The molecule has 20 heavy (non-hydrogen) atoms. The molecule has 0 atom stereocenters. The molecule has 1 rings (SSSR count). The number of ether oxygens (including phenoxy) is 2. The molecule has 4 heteroatoms. The summed E-state index contributed by atoms with van der Waals surface area (Å²) in [6.45, 7) is 13.4. The van der Waals surface area contributed by atoms with Gasteiger partial charge in [-0.3, -0.25) is 0 Å². The Hall–Kier alpha value is -0.160. The van der Waals surface area contributed by atoms with Crippen LogP contribution in [0.15, 0.2) is 0 Å². The van der Waals surface area contributed by atoms with Crippen LogP contribution in [-0.2, 0) is 9.47 Å². The predicted molar refractivity (Wildman–Crippen MR) is 84.2 cm³/mol. The van der Waals surface area contributed by atoms with Gasteiger partial charge >= 0.3 is 0 Å². The van der Waals surface area contributed by atoms with E-state index in [1.165, 1.54) is 19.3 Å². The van der Waals surface area contributed by atoms with Gasteiger partial charge in [-0.15, -0.1) is 0 Å². The van der Waals surface area contributed by atoms with Crippen LogP contribution in [0.3, 0.4) is 0 Å². The summed E-state index contributed by atoms with van der Waals surface area (Å²) in [6, 6.07) is 0. The molecule has 1 aliphatic rings. The van der Waals surface area contributed by atoms with Crippen LogP contribution in [0.25, 0.3) is 0 Å². The first-order valence-electron chi connectivity index (χ1n) is 8.16. The van der Waals surface area contributed by atoms with E-state index in [1.54, 1.807) is 0 Å². The quantitative estimate of drug-likeness (QED) is 0.624. The number of rotatable bonds is 10. The van der Waals surface area contributed by atoms with Gasteiger partial charge in [-0.25, -0.2) is 0 Å². The SMILES string of the molecule is CCCNCC1(CN(C)CCOC(C)C)CCOCC1. The molecule has 0 bridgehead atoms. The normalized spacial score (nSPS) is 18.9. The Morgan fingerprint density at radius 3 is 2.60 bits per heavy atom. The van der Waals surface area contributed by atoms with E-state index in [0.717, 1.165) is 46.0 Å². The van der Waals surface area contributed by atoms with E-state index in [1.807, 2.05) is 0 Å². The van der Waals surface area contributed by atoms with Crippen molar-refractivity contribution in [1.82, 2.24) is 10.2 Å². The molecule has 1 saturated heterocycles. The predicted octanol–water partition coefficient (Wildman–Crippen LogP) is 2.14. The molecular formula is C16H34N2O2. The number of nitrogens with one attached hydrogen (secondary N) is 1. The maximum absolute atomic E-state index is 5.65. The average molecular weight is 286 g/mol. The van der Waals surface area contributed by atoms with Gasteiger partial charge in [0.05, 0.1) is 12.7 Å². The molecule has 0 saturated carbocycles. The molecule has 0 amide bonds. The van der Waals surface area contributed by atoms with Gasteiger partial charge in [0.15, 0.2) is 0 Å². The topological polar surface area (TPSA) is 33.7 Å². The van der Waals surface area contributed by atoms with Crippen LogP contribution in [0.2, 0.25) is 0 Å². The van der Waals surface area contributed by atoms with Crippen molar-refractivity contribution in [3.05, 3.63) is 0 Å². The first-order chi connectivity index (χ1) is 9.58. The molecule has 1 heterocycles. The highest BCUT2D eigenvalue weighted by atomic mass is 16.5. The number of hydrogen-bond donors (Lipinski definition) is 1. The van der Waals surface area contributed by atoms with Gasteiger partial charge in [0.2, 0.25) is 0 Å². The van der Waals surface area contributed by atoms with Crippen molar-refractivity contribution in [3.63, 3.8) is 0 Å². The first kappa shape index (κ1) is 17.9. The Labute approximate surface area is 125 Å². The zero-order valence-corrected chi connectivity index (χ0v) is 13.9. The highest BCUT2D eigenvalue weighted by Gasteiger charge is 2.33. The second-order valence-electron chi connectivity index (χ2n) is 6.45. The lowest BCUT2D eigenvalue weighted by molar-refractivity contribution is -0.00705. The van der Waals surface area contributed by atoms with Crippen LogP contribution in [0.1, 0.15) is 40.0 Å². The molecule has 0 aromatic rings. The van der Waals surface area contributed by atoms with E-state index in [9.17, 15) is 0 Å². The van der Waals surface area contributed by atoms with Gasteiger partial charge in [0.1, 0.15) is 0 Å². The molecule has 0 aliphatic carbocycles. The van der Waals surface area contributed by atoms with Crippen molar-refractivity contribution < 1.29 is 9.47 Å². The molecule has 0 radical (unpaired) electrons. The Morgan fingerprint density at radius 1 is 1.30 bits per heavy atom. The minimum absolute atomic E-state index is 0.326. The Morgan fingerprint density at radius 2 is 2.00 bits per heavy atom. The second kappa shape index (κ2) is 9.72. The molecule has 1 fully saturated rings. The molecule has 0 unspecified atom stereocenters. The molecule has 120 valence electrons. The minimum atomic E-state index is 0.326. The third-order valence-electron chi connectivity index (χ3n) is 4.01. The summed E-state index contributed by atoms with van der Waals surface area (Å²) in [4.78, 5) is 2.42. The van der Waals surface area contributed by atoms with E-state index in [4.69, 9.17) is 9.47 Å². The van der Waals surface area contributed by atoms with Crippen molar-refractivity contribution in [1.29, 1.82) is 0 Å². The van der Waals surface area contributed by atoms with Gasteiger partial charge in [0, 0.05) is 32.8 Å². The molecular weight excluding hydrogens is 252 g/mol. The van der Waals surface area contributed by atoms with Crippen LogP contribution in [0.4, 0.5) is 0 Å².